The lowest BCUT2D eigenvalue weighted by molar-refractivity contribution is 0.391. The number of pyridine rings is 1. The first-order chi connectivity index (χ1) is 15.4. The van der Waals surface area contributed by atoms with E-state index in [2.05, 4.69) is 16.2 Å². The molecule has 0 radical (unpaired) electrons. The fraction of sp³-hybridized carbons (Fsp3) is 0.261. The second-order valence-corrected chi connectivity index (χ2v) is 7.10. The van der Waals surface area contributed by atoms with Crippen molar-refractivity contribution in [1.82, 2.24) is 4.98 Å². The average molecular weight is 460 g/mol. The first kappa shape index (κ1) is 25.1. The summed E-state index contributed by atoms with van der Waals surface area (Å²) in [7, 11) is 6.63. The van der Waals surface area contributed by atoms with Gasteiger partial charge in [-0.25, -0.2) is 0 Å². The predicted octanol–water partition coefficient (Wildman–Crippen LogP) is 3.04. The normalized spacial score (nSPS) is 11.1. The second-order valence-electron chi connectivity index (χ2n) is 6.58. The number of nitrogens with zero attached hydrogens (tertiary/aromatic N) is 1. The van der Waals surface area contributed by atoms with Gasteiger partial charge in [-0.15, -0.1) is 0 Å². The van der Waals surface area contributed by atoms with Gasteiger partial charge in [0.15, 0.2) is 0 Å². The molecule has 2 aromatic carbocycles. The number of hydrogen-bond donors (Lipinski definition) is 1. The Morgan fingerprint density at radius 2 is 1.31 bits per heavy atom. The van der Waals surface area contributed by atoms with E-state index >= 15 is 0 Å². The summed E-state index contributed by atoms with van der Waals surface area (Å²) in [5, 5.41) is 4.03. The minimum Gasteiger partial charge on any atom is -0.760 e. The number of rotatable bonds is 8. The van der Waals surface area contributed by atoms with E-state index in [4.69, 9.17) is 27.7 Å². The molecular weight excluding hydrogens is 432 g/mol. The molecule has 0 spiro atoms. The van der Waals surface area contributed by atoms with E-state index in [1.807, 2.05) is 48.7 Å². The average Bonchev–Trinajstić information content (AvgIpc) is 2.80. The topological polar surface area (TPSA) is 116 Å². The molecule has 1 heterocycles. The minimum atomic E-state index is -2.36. The predicted molar refractivity (Wildman–Crippen MR) is 122 cm³/mol. The van der Waals surface area contributed by atoms with E-state index in [-0.39, 0.29) is 0 Å². The molecule has 9 heteroatoms. The van der Waals surface area contributed by atoms with Crippen molar-refractivity contribution < 1.29 is 27.7 Å². The van der Waals surface area contributed by atoms with Crippen LogP contribution in [0.25, 0.3) is 0 Å². The van der Waals surface area contributed by atoms with Crippen LogP contribution in [-0.2, 0) is 24.1 Å². The summed E-state index contributed by atoms with van der Waals surface area (Å²) in [5.74, 6) is 3.13. The SMILES string of the molecule is COc1ccc(Cc2cccnc2Cc2ccc(OC)cc2OC)c(OC)c1.NS(=O)[O-]. The zero-order valence-electron chi connectivity index (χ0n) is 18.5. The van der Waals surface area contributed by atoms with Crippen molar-refractivity contribution in [3.05, 3.63) is 77.1 Å². The Hall–Kier alpha value is -3.14. The van der Waals surface area contributed by atoms with Crippen molar-refractivity contribution in [3.63, 3.8) is 0 Å². The summed E-state index contributed by atoms with van der Waals surface area (Å²) >= 11 is -2.36. The Kier molecular flexibility index (Phi) is 9.93. The Morgan fingerprint density at radius 1 is 0.812 bits per heavy atom. The van der Waals surface area contributed by atoms with E-state index in [0.717, 1.165) is 51.8 Å². The van der Waals surface area contributed by atoms with Crippen molar-refractivity contribution in [1.29, 1.82) is 0 Å². The molecule has 0 aliphatic rings. The van der Waals surface area contributed by atoms with Gasteiger partial charge in [-0.1, -0.05) is 18.2 Å². The summed E-state index contributed by atoms with van der Waals surface area (Å²) < 4.78 is 39.2. The molecule has 3 aromatic rings. The monoisotopic (exact) mass is 459 g/mol. The number of methoxy groups -OCH3 is 4. The van der Waals surface area contributed by atoms with Crippen LogP contribution < -0.4 is 24.1 Å². The summed E-state index contributed by atoms with van der Waals surface area (Å²) in [4.78, 5) is 4.63. The standard InChI is InChI=1S/C23H25NO4.H3NO2S/c1-25-19-9-7-17(22(14-19)27-3)12-16-6-5-11-24-21(16)13-18-8-10-20(26-2)15-23(18)28-4;1-4(2)3/h5-11,14-15H,12-13H2,1-4H3;1H2,(H,2,3)/p-1. The molecule has 0 amide bonds. The molecule has 172 valence electrons. The molecule has 0 bridgehead atoms. The second kappa shape index (κ2) is 12.7. The van der Waals surface area contributed by atoms with Crippen molar-refractivity contribution in [2.24, 2.45) is 5.14 Å². The third-order valence-electron chi connectivity index (χ3n) is 4.71. The first-order valence-electron chi connectivity index (χ1n) is 9.60. The van der Waals surface area contributed by atoms with Gasteiger partial charge in [-0.3, -0.25) is 14.3 Å². The molecule has 3 rings (SSSR count). The Balaban J connectivity index is 0.000000837. The van der Waals surface area contributed by atoms with Crippen LogP contribution in [0.3, 0.4) is 0 Å². The van der Waals surface area contributed by atoms with E-state index in [1.54, 1.807) is 28.4 Å². The number of benzene rings is 2. The van der Waals surface area contributed by atoms with E-state index in [1.165, 1.54) is 0 Å². The number of hydrogen-bond acceptors (Lipinski definition) is 7. The third-order valence-corrected chi connectivity index (χ3v) is 4.71. The van der Waals surface area contributed by atoms with Crippen LogP contribution in [-0.4, -0.2) is 42.2 Å². The van der Waals surface area contributed by atoms with E-state index < -0.39 is 11.3 Å². The molecule has 32 heavy (non-hydrogen) atoms. The summed E-state index contributed by atoms with van der Waals surface area (Å²) in [6.07, 6.45) is 3.21. The van der Waals surface area contributed by atoms with Crippen molar-refractivity contribution >= 4 is 11.3 Å². The summed E-state index contributed by atoms with van der Waals surface area (Å²) in [6, 6.07) is 15.8. The van der Waals surface area contributed by atoms with Crippen molar-refractivity contribution in [3.8, 4) is 23.0 Å². The van der Waals surface area contributed by atoms with Gasteiger partial charge >= 0.3 is 0 Å². The molecule has 1 atom stereocenters. The number of nitrogens with two attached hydrogens (primary N) is 1. The van der Waals surface area contributed by atoms with Crippen LogP contribution in [0.15, 0.2) is 54.7 Å². The molecule has 1 unspecified atom stereocenters. The Bertz CT molecular complexity index is 964. The van der Waals surface area contributed by atoms with Gasteiger partial charge in [-0.05, 0) is 29.3 Å². The molecule has 1 aromatic heterocycles. The number of aromatic nitrogens is 1. The van der Waals surface area contributed by atoms with Crippen LogP contribution in [0.1, 0.15) is 22.4 Å². The van der Waals surface area contributed by atoms with E-state index in [0.29, 0.717) is 6.42 Å². The molecule has 8 nitrogen and oxygen atoms in total. The molecule has 0 fully saturated rings. The fourth-order valence-corrected chi connectivity index (χ4v) is 3.17. The smallest absolute Gasteiger partial charge is 0.126 e. The molecule has 0 saturated heterocycles. The van der Waals surface area contributed by atoms with Crippen LogP contribution in [0, 0.1) is 0 Å². The van der Waals surface area contributed by atoms with Crippen molar-refractivity contribution in [2.45, 2.75) is 12.8 Å². The molecule has 0 saturated carbocycles. The van der Waals surface area contributed by atoms with Crippen molar-refractivity contribution in [2.75, 3.05) is 28.4 Å². The highest BCUT2D eigenvalue weighted by molar-refractivity contribution is 7.76. The van der Waals surface area contributed by atoms with Gasteiger partial charge < -0.3 is 23.5 Å². The van der Waals surface area contributed by atoms with Crippen LogP contribution in [0.5, 0.6) is 23.0 Å². The maximum atomic E-state index is 8.78. The quantitative estimate of drug-likeness (QED) is 0.515. The minimum absolute atomic E-state index is 0.668. The zero-order valence-corrected chi connectivity index (χ0v) is 19.3. The molecule has 2 N–H and O–H groups in total. The highest BCUT2D eigenvalue weighted by Crippen LogP contribution is 2.30. The lowest BCUT2D eigenvalue weighted by Gasteiger charge is -2.14. The lowest BCUT2D eigenvalue weighted by Crippen LogP contribution is -2.03. The Morgan fingerprint density at radius 3 is 1.78 bits per heavy atom. The van der Waals surface area contributed by atoms with Crippen LogP contribution in [0.2, 0.25) is 0 Å². The maximum absolute atomic E-state index is 8.78. The third kappa shape index (κ3) is 7.23. The summed E-state index contributed by atoms with van der Waals surface area (Å²) in [5.41, 5.74) is 4.29. The van der Waals surface area contributed by atoms with Gasteiger partial charge in [0.1, 0.15) is 23.0 Å². The molecular formula is C23H27N2O6S-. The van der Waals surface area contributed by atoms with Gasteiger partial charge in [0, 0.05) is 53.7 Å². The zero-order chi connectivity index (χ0) is 23.5. The lowest BCUT2D eigenvalue weighted by atomic mass is 9.98. The highest BCUT2D eigenvalue weighted by atomic mass is 32.2. The summed E-state index contributed by atoms with van der Waals surface area (Å²) in [6.45, 7) is 0. The van der Waals surface area contributed by atoms with E-state index in [9.17, 15) is 0 Å². The van der Waals surface area contributed by atoms with Gasteiger partial charge in [0.25, 0.3) is 0 Å². The molecule has 0 aliphatic carbocycles. The number of ether oxygens (including phenoxy) is 4. The largest absolute Gasteiger partial charge is 0.760 e. The molecule has 0 aliphatic heterocycles. The van der Waals surface area contributed by atoms with Gasteiger partial charge in [0.05, 0.1) is 28.4 Å². The maximum Gasteiger partial charge on any atom is 0.126 e. The Labute approximate surface area is 190 Å². The van der Waals surface area contributed by atoms with Crippen LogP contribution in [0.4, 0.5) is 0 Å². The van der Waals surface area contributed by atoms with Crippen LogP contribution >= 0.6 is 0 Å². The first-order valence-corrected chi connectivity index (χ1v) is 10.7. The fourth-order valence-electron chi connectivity index (χ4n) is 3.17. The highest BCUT2D eigenvalue weighted by Gasteiger charge is 2.13. The van der Waals surface area contributed by atoms with Gasteiger partial charge in [0.2, 0.25) is 0 Å². The van der Waals surface area contributed by atoms with Gasteiger partial charge in [-0.2, -0.15) is 0 Å².